The van der Waals surface area contributed by atoms with E-state index in [1.54, 1.807) is 0 Å². The van der Waals surface area contributed by atoms with Gasteiger partial charge in [0.2, 0.25) is 5.91 Å². The maximum atomic E-state index is 11.6. The molecule has 0 radical (unpaired) electrons. The van der Waals surface area contributed by atoms with Crippen molar-refractivity contribution in [1.29, 1.82) is 0 Å². The molecule has 1 heterocycles. The van der Waals surface area contributed by atoms with Gasteiger partial charge in [-0.25, -0.2) is 0 Å². The number of likely N-dealkylation sites (tertiary alicyclic amines) is 1. The molecule has 0 bridgehead atoms. The number of rotatable bonds is 4. The van der Waals surface area contributed by atoms with Crippen molar-refractivity contribution in [3.05, 3.63) is 0 Å². The van der Waals surface area contributed by atoms with E-state index in [9.17, 15) is 4.79 Å². The van der Waals surface area contributed by atoms with Crippen molar-refractivity contribution in [3.8, 4) is 0 Å². The molecule has 1 saturated heterocycles. The predicted octanol–water partition coefficient (Wildman–Crippen LogP) is 0.853. The van der Waals surface area contributed by atoms with Crippen molar-refractivity contribution < 1.29 is 4.79 Å². The highest BCUT2D eigenvalue weighted by molar-refractivity contribution is 5.83. The van der Waals surface area contributed by atoms with Crippen molar-refractivity contribution in [3.63, 3.8) is 0 Å². The van der Waals surface area contributed by atoms with E-state index in [-0.39, 0.29) is 11.9 Å². The summed E-state index contributed by atoms with van der Waals surface area (Å²) in [5.74, 6) is 1.94. The lowest BCUT2D eigenvalue weighted by molar-refractivity contribution is -0.128. The monoisotopic (exact) mass is 196 g/mol. The zero-order valence-corrected chi connectivity index (χ0v) is 9.12. The molecule has 0 spiro atoms. The number of hydrogen-bond acceptors (Lipinski definition) is 2. The third-order valence-electron chi connectivity index (χ3n) is 3.54. The Morgan fingerprint density at radius 3 is 2.71 bits per heavy atom. The van der Waals surface area contributed by atoms with Crippen LogP contribution < -0.4 is 5.32 Å². The average Bonchev–Trinajstić information content (AvgIpc) is 2.95. The fraction of sp³-hybridized carbons (Fsp3) is 0.909. The Morgan fingerprint density at radius 2 is 2.21 bits per heavy atom. The van der Waals surface area contributed by atoms with Crippen molar-refractivity contribution in [2.24, 2.45) is 11.8 Å². The van der Waals surface area contributed by atoms with Crippen LogP contribution in [0.4, 0.5) is 0 Å². The van der Waals surface area contributed by atoms with Crippen molar-refractivity contribution in [1.82, 2.24) is 10.2 Å². The minimum Gasteiger partial charge on any atom is -0.344 e. The normalized spacial score (nSPS) is 29.7. The number of carbonyl (C=O) groups excluding carboxylic acids is 1. The summed E-state index contributed by atoms with van der Waals surface area (Å²) in [5.41, 5.74) is 0. The first kappa shape index (κ1) is 9.97. The van der Waals surface area contributed by atoms with Crippen LogP contribution in [0, 0.1) is 11.8 Å². The predicted molar refractivity (Wildman–Crippen MR) is 55.9 cm³/mol. The van der Waals surface area contributed by atoms with E-state index in [2.05, 4.69) is 12.2 Å². The van der Waals surface area contributed by atoms with Crippen LogP contribution in [0.5, 0.6) is 0 Å². The molecule has 2 fully saturated rings. The van der Waals surface area contributed by atoms with E-state index >= 15 is 0 Å². The molecule has 1 amide bonds. The quantitative estimate of drug-likeness (QED) is 0.723. The second-order valence-electron chi connectivity index (χ2n) is 4.82. The Labute approximate surface area is 85.8 Å². The number of nitrogens with one attached hydrogen (secondary N) is 1. The molecule has 2 atom stereocenters. The SMILES string of the molecule is CC(CNC1CCN(C)C1=O)C1CC1. The highest BCUT2D eigenvalue weighted by Crippen LogP contribution is 2.36. The first-order valence-corrected chi connectivity index (χ1v) is 5.67. The van der Waals surface area contributed by atoms with Gasteiger partial charge in [0, 0.05) is 13.6 Å². The van der Waals surface area contributed by atoms with Crippen LogP contribution in [-0.4, -0.2) is 37.0 Å². The summed E-state index contributed by atoms with van der Waals surface area (Å²) in [5, 5.41) is 3.39. The summed E-state index contributed by atoms with van der Waals surface area (Å²) in [7, 11) is 1.88. The smallest absolute Gasteiger partial charge is 0.239 e. The van der Waals surface area contributed by atoms with Crippen LogP contribution in [0.15, 0.2) is 0 Å². The van der Waals surface area contributed by atoms with Crippen LogP contribution >= 0.6 is 0 Å². The minimum absolute atomic E-state index is 0.0983. The standard InChI is InChI=1S/C11H20N2O/c1-8(9-3-4-9)7-12-10-5-6-13(2)11(10)14/h8-10,12H,3-7H2,1-2H3. The van der Waals surface area contributed by atoms with Gasteiger partial charge in [-0.15, -0.1) is 0 Å². The zero-order valence-electron chi connectivity index (χ0n) is 9.12. The number of nitrogens with zero attached hydrogens (tertiary/aromatic N) is 1. The molecule has 2 unspecified atom stereocenters. The van der Waals surface area contributed by atoms with E-state index in [1.807, 2.05) is 11.9 Å². The Bertz CT molecular complexity index is 225. The molecule has 0 aromatic carbocycles. The lowest BCUT2D eigenvalue weighted by atomic mass is 10.1. The summed E-state index contributed by atoms with van der Waals surface area (Å²) in [6.07, 6.45) is 3.76. The van der Waals surface area contributed by atoms with Crippen LogP contribution in [0.2, 0.25) is 0 Å². The number of likely N-dealkylation sites (N-methyl/N-ethyl adjacent to an activating group) is 1. The van der Waals surface area contributed by atoms with Crippen molar-refractivity contribution >= 4 is 5.91 Å². The lowest BCUT2D eigenvalue weighted by Gasteiger charge is -2.15. The minimum atomic E-state index is 0.0983. The second-order valence-corrected chi connectivity index (χ2v) is 4.82. The lowest BCUT2D eigenvalue weighted by Crippen LogP contribution is -2.39. The van der Waals surface area contributed by atoms with Gasteiger partial charge >= 0.3 is 0 Å². The molecule has 3 heteroatoms. The van der Waals surface area contributed by atoms with Crippen LogP contribution in [0.25, 0.3) is 0 Å². The van der Waals surface area contributed by atoms with E-state index in [4.69, 9.17) is 0 Å². The summed E-state index contributed by atoms with van der Waals surface area (Å²) in [6, 6.07) is 0.0983. The van der Waals surface area contributed by atoms with Crippen LogP contribution in [-0.2, 0) is 4.79 Å². The number of carbonyl (C=O) groups is 1. The summed E-state index contributed by atoms with van der Waals surface area (Å²) in [6.45, 7) is 4.21. The third kappa shape index (κ3) is 2.08. The van der Waals surface area contributed by atoms with Gasteiger partial charge in [0.15, 0.2) is 0 Å². The molecular weight excluding hydrogens is 176 g/mol. The fourth-order valence-electron chi connectivity index (χ4n) is 2.17. The van der Waals surface area contributed by atoms with Gasteiger partial charge in [0.25, 0.3) is 0 Å². The van der Waals surface area contributed by atoms with Gasteiger partial charge in [-0.3, -0.25) is 4.79 Å². The van der Waals surface area contributed by atoms with Gasteiger partial charge in [0.1, 0.15) is 0 Å². The van der Waals surface area contributed by atoms with E-state index in [0.29, 0.717) is 0 Å². The molecule has 2 rings (SSSR count). The molecule has 2 aliphatic rings. The van der Waals surface area contributed by atoms with Gasteiger partial charge in [0.05, 0.1) is 6.04 Å². The summed E-state index contributed by atoms with van der Waals surface area (Å²) in [4.78, 5) is 13.4. The van der Waals surface area contributed by atoms with Crippen LogP contribution in [0.3, 0.4) is 0 Å². The number of amides is 1. The molecule has 1 aliphatic heterocycles. The van der Waals surface area contributed by atoms with Gasteiger partial charge in [-0.2, -0.15) is 0 Å². The Morgan fingerprint density at radius 1 is 1.50 bits per heavy atom. The van der Waals surface area contributed by atoms with Gasteiger partial charge in [-0.1, -0.05) is 6.92 Å². The molecule has 1 saturated carbocycles. The molecule has 1 N–H and O–H groups in total. The molecule has 1 aliphatic carbocycles. The second kappa shape index (κ2) is 3.89. The average molecular weight is 196 g/mol. The maximum Gasteiger partial charge on any atom is 0.239 e. The zero-order chi connectivity index (χ0) is 10.1. The van der Waals surface area contributed by atoms with E-state index in [1.165, 1.54) is 12.8 Å². The Balaban J connectivity index is 1.72. The molecule has 0 aromatic heterocycles. The molecule has 3 nitrogen and oxygen atoms in total. The largest absolute Gasteiger partial charge is 0.344 e. The number of hydrogen-bond donors (Lipinski definition) is 1. The molecule has 0 aromatic rings. The Kier molecular flexibility index (Phi) is 2.77. The molecule has 80 valence electrons. The first-order chi connectivity index (χ1) is 6.68. The van der Waals surface area contributed by atoms with Gasteiger partial charge in [-0.05, 0) is 37.6 Å². The molecule has 14 heavy (non-hydrogen) atoms. The fourth-order valence-corrected chi connectivity index (χ4v) is 2.17. The third-order valence-corrected chi connectivity index (χ3v) is 3.54. The van der Waals surface area contributed by atoms with Gasteiger partial charge < -0.3 is 10.2 Å². The highest BCUT2D eigenvalue weighted by Gasteiger charge is 2.31. The molecular formula is C11H20N2O. The first-order valence-electron chi connectivity index (χ1n) is 5.67. The topological polar surface area (TPSA) is 32.3 Å². The van der Waals surface area contributed by atoms with Crippen LogP contribution in [0.1, 0.15) is 26.2 Å². The maximum absolute atomic E-state index is 11.6. The summed E-state index contributed by atoms with van der Waals surface area (Å²) >= 11 is 0. The Hall–Kier alpha value is -0.570. The van der Waals surface area contributed by atoms with E-state index < -0.39 is 0 Å². The van der Waals surface area contributed by atoms with E-state index in [0.717, 1.165) is 31.3 Å². The highest BCUT2D eigenvalue weighted by atomic mass is 16.2. The summed E-state index contributed by atoms with van der Waals surface area (Å²) < 4.78 is 0. The van der Waals surface area contributed by atoms with Crippen molar-refractivity contribution in [2.75, 3.05) is 20.1 Å². The van der Waals surface area contributed by atoms with Crippen molar-refractivity contribution in [2.45, 2.75) is 32.2 Å².